The molecule has 0 bridgehead atoms. The lowest BCUT2D eigenvalue weighted by molar-refractivity contribution is -0.139. The van der Waals surface area contributed by atoms with Gasteiger partial charge in [0.15, 0.2) is 6.61 Å². The molecule has 7 heteroatoms. The SMILES string of the molecule is O=C(O)COc1ccc(Cl)cc1C1c2ccccc2CCN1C(=O)OCC1CC1. The van der Waals surface area contributed by atoms with Gasteiger partial charge in [-0.1, -0.05) is 35.9 Å². The smallest absolute Gasteiger partial charge is 0.410 e. The third-order valence-corrected chi connectivity index (χ3v) is 5.51. The number of carbonyl (C=O) groups is 2. The lowest BCUT2D eigenvalue weighted by atomic mass is 9.88. The van der Waals surface area contributed by atoms with E-state index in [9.17, 15) is 9.59 Å². The Morgan fingerprint density at radius 2 is 1.93 bits per heavy atom. The molecular weight excluding hydrogens is 394 g/mol. The molecule has 1 aliphatic carbocycles. The van der Waals surface area contributed by atoms with Gasteiger partial charge in [-0.05, 0) is 54.5 Å². The minimum Gasteiger partial charge on any atom is -0.482 e. The Balaban J connectivity index is 1.72. The summed E-state index contributed by atoms with van der Waals surface area (Å²) < 4.78 is 11.1. The van der Waals surface area contributed by atoms with E-state index in [0.717, 1.165) is 30.4 Å². The summed E-state index contributed by atoms with van der Waals surface area (Å²) in [5.41, 5.74) is 2.74. The second kappa shape index (κ2) is 8.33. The number of hydrogen-bond donors (Lipinski definition) is 1. The van der Waals surface area contributed by atoms with Gasteiger partial charge in [0, 0.05) is 17.1 Å². The average Bonchev–Trinajstić information content (AvgIpc) is 3.54. The van der Waals surface area contributed by atoms with Gasteiger partial charge in [0.05, 0.1) is 12.6 Å². The molecule has 0 radical (unpaired) electrons. The molecule has 29 heavy (non-hydrogen) atoms. The van der Waals surface area contributed by atoms with E-state index in [2.05, 4.69) is 0 Å². The van der Waals surface area contributed by atoms with E-state index < -0.39 is 18.6 Å². The number of halogens is 1. The molecule has 152 valence electrons. The van der Waals surface area contributed by atoms with Crippen LogP contribution < -0.4 is 4.74 Å². The summed E-state index contributed by atoms with van der Waals surface area (Å²) in [5.74, 6) is -0.218. The summed E-state index contributed by atoms with van der Waals surface area (Å²) in [6.45, 7) is 0.451. The first-order valence-electron chi connectivity index (χ1n) is 9.68. The second-order valence-electron chi connectivity index (χ2n) is 7.43. The highest BCUT2D eigenvalue weighted by atomic mass is 35.5. The largest absolute Gasteiger partial charge is 0.482 e. The number of carboxylic acids is 1. The van der Waals surface area contributed by atoms with Crippen LogP contribution in [0.15, 0.2) is 42.5 Å². The molecule has 0 aromatic heterocycles. The molecule has 1 saturated carbocycles. The number of rotatable bonds is 6. The fourth-order valence-electron chi connectivity index (χ4n) is 3.66. The van der Waals surface area contributed by atoms with E-state index in [0.29, 0.717) is 35.4 Å². The quantitative estimate of drug-likeness (QED) is 0.761. The molecular formula is C22H22ClNO5. The molecule has 4 rings (SSSR count). The standard InChI is InChI=1S/C22H22ClNO5/c23-16-7-8-19(28-13-20(25)26)18(11-16)21-17-4-2-1-3-15(17)9-10-24(21)22(27)29-12-14-5-6-14/h1-4,7-8,11,14,21H,5-6,9-10,12-13H2,(H,25,26). The van der Waals surface area contributed by atoms with Gasteiger partial charge in [0.2, 0.25) is 0 Å². The van der Waals surface area contributed by atoms with Gasteiger partial charge in [-0.2, -0.15) is 0 Å². The van der Waals surface area contributed by atoms with E-state index in [1.54, 1.807) is 23.1 Å². The maximum atomic E-state index is 12.9. The molecule has 2 aromatic rings. The molecule has 1 fully saturated rings. The summed E-state index contributed by atoms with van der Waals surface area (Å²) in [6.07, 6.45) is 2.54. The number of amides is 1. The van der Waals surface area contributed by atoms with Crippen molar-refractivity contribution in [2.75, 3.05) is 19.8 Å². The highest BCUT2D eigenvalue weighted by Gasteiger charge is 2.35. The number of ether oxygens (including phenoxy) is 2. The molecule has 1 heterocycles. The first kappa shape index (κ1) is 19.6. The topological polar surface area (TPSA) is 76.1 Å². The lowest BCUT2D eigenvalue weighted by Gasteiger charge is -2.37. The molecule has 1 N–H and O–H groups in total. The number of fused-ring (bicyclic) bond motifs is 1. The molecule has 2 aromatic carbocycles. The van der Waals surface area contributed by atoms with E-state index >= 15 is 0 Å². The molecule has 0 saturated heterocycles. The Kier molecular flexibility index (Phi) is 5.62. The maximum absolute atomic E-state index is 12.9. The van der Waals surface area contributed by atoms with E-state index in [1.807, 2.05) is 24.3 Å². The van der Waals surface area contributed by atoms with Crippen molar-refractivity contribution in [2.24, 2.45) is 5.92 Å². The van der Waals surface area contributed by atoms with Crippen LogP contribution in [0, 0.1) is 5.92 Å². The number of carbonyl (C=O) groups excluding carboxylic acids is 1. The van der Waals surface area contributed by atoms with E-state index in [-0.39, 0.29) is 6.09 Å². The Hall–Kier alpha value is -2.73. The summed E-state index contributed by atoms with van der Waals surface area (Å²) in [5, 5.41) is 9.50. The Bertz CT molecular complexity index is 927. The van der Waals surface area contributed by atoms with Crippen molar-refractivity contribution in [1.82, 2.24) is 4.90 Å². The summed E-state index contributed by atoms with van der Waals surface area (Å²) >= 11 is 6.26. The van der Waals surface area contributed by atoms with Crippen LogP contribution in [0.3, 0.4) is 0 Å². The second-order valence-corrected chi connectivity index (χ2v) is 7.87. The van der Waals surface area contributed by atoms with Crippen LogP contribution >= 0.6 is 11.6 Å². The van der Waals surface area contributed by atoms with Crippen LogP contribution in [0.5, 0.6) is 5.75 Å². The maximum Gasteiger partial charge on any atom is 0.410 e. The fraction of sp³-hybridized carbons (Fsp3) is 0.364. The first-order chi connectivity index (χ1) is 14.0. The highest BCUT2D eigenvalue weighted by Crippen LogP contribution is 2.41. The molecule has 6 nitrogen and oxygen atoms in total. The first-order valence-corrected chi connectivity index (χ1v) is 10.1. The van der Waals surface area contributed by atoms with Gasteiger partial charge in [0.1, 0.15) is 5.75 Å². The van der Waals surface area contributed by atoms with Crippen molar-refractivity contribution in [2.45, 2.75) is 25.3 Å². The summed E-state index contributed by atoms with van der Waals surface area (Å²) in [7, 11) is 0. The zero-order chi connectivity index (χ0) is 20.4. The zero-order valence-corrected chi connectivity index (χ0v) is 16.6. The van der Waals surface area contributed by atoms with Crippen LogP contribution in [0.25, 0.3) is 0 Å². The predicted octanol–water partition coefficient (Wildman–Crippen LogP) is 4.30. The minimum atomic E-state index is -1.07. The third kappa shape index (κ3) is 4.48. The van der Waals surface area contributed by atoms with Gasteiger partial charge in [-0.15, -0.1) is 0 Å². The zero-order valence-electron chi connectivity index (χ0n) is 15.8. The normalized spacial score (nSPS) is 18.1. The number of hydrogen-bond acceptors (Lipinski definition) is 4. The van der Waals surface area contributed by atoms with Crippen LogP contribution in [-0.4, -0.2) is 41.8 Å². The number of benzene rings is 2. The monoisotopic (exact) mass is 415 g/mol. The Labute approximate surface area is 174 Å². The Morgan fingerprint density at radius 1 is 1.14 bits per heavy atom. The molecule has 1 atom stereocenters. The third-order valence-electron chi connectivity index (χ3n) is 5.27. The molecule has 0 spiro atoms. The van der Waals surface area contributed by atoms with Crippen LogP contribution in [-0.2, 0) is 16.0 Å². The number of aliphatic carboxylic acids is 1. The molecule has 1 unspecified atom stereocenters. The van der Waals surface area contributed by atoms with Crippen LogP contribution in [0.2, 0.25) is 5.02 Å². The van der Waals surface area contributed by atoms with Crippen molar-refractivity contribution in [3.05, 3.63) is 64.2 Å². The lowest BCUT2D eigenvalue weighted by Crippen LogP contribution is -2.41. The number of carboxylic acid groups (broad SMARTS) is 1. The van der Waals surface area contributed by atoms with Gasteiger partial charge in [-0.3, -0.25) is 4.90 Å². The molecule has 1 amide bonds. The van der Waals surface area contributed by atoms with Gasteiger partial charge in [0.25, 0.3) is 0 Å². The highest BCUT2D eigenvalue weighted by molar-refractivity contribution is 6.30. The molecule has 1 aliphatic heterocycles. The average molecular weight is 416 g/mol. The van der Waals surface area contributed by atoms with Gasteiger partial charge >= 0.3 is 12.1 Å². The van der Waals surface area contributed by atoms with Gasteiger partial charge < -0.3 is 14.6 Å². The van der Waals surface area contributed by atoms with Crippen molar-refractivity contribution < 1.29 is 24.2 Å². The van der Waals surface area contributed by atoms with Crippen LogP contribution in [0.4, 0.5) is 4.79 Å². The van der Waals surface area contributed by atoms with Crippen molar-refractivity contribution in [3.63, 3.8) is 0 Å². The summed E-state index contributed by atoms with van der Waals surface area (Å²) in [4.78, 5) is 25.6. The number of nitrogens with zero attached hydrogens (tertiary/aromatic N) is 1. The van der Waals surface area contributed by atoms with Crippen molar-refractivity contribution >= 4 is 23.7 Å². The summed E-state index contributed by atoms with van der Waals surface area (Å²) in [6, 6.07) is 12.5. The van der Waals surface area contributed by atoms with Crippen molar-refractivity contribution in [3.8, 4) is 5.75 Å². The minimum absolute atomic E-state index is 0.374. The van der Waals surface area contributed by atoms with Crippen molar-refractivity contribution in [1.29, 1.82) is 0 Å². The molecule has 2 aliphatic rings. The van der Waals surface area contributed by atoms with E-state index in [1.165, 1.54) is 0 Å². The predicted molar refractivity (Wildman–Crippen MR) is 107 cm³/mol. The Morgan fingerprint density at radius 3 is 2.69 bits per heavy atom. The fourth-order valence-corrected chi connectivity index (χ4v) is 3.84. The van der Waals surface area contributed by atoms with Gasteiger partial charge in [-0.25, -0.2) is 9.59 Å². The van der Waals surface area contributed by atoms with Crippen LogP contribution in [0.1, 0.15) is 35.6 Å². The van der Waals surface area contributed by atoms with E-state index in [4.69, 9.17) is 26.2 Å².